The molecule has 0 unspecified atom stereocenters. The van der Waals surface area contributed by atoms with E-state index in [4.69, 9.17) is 9.47 Å². The van der Waals surface area contributed by atoms with Crippen molar-refractivity contribution < 1.29 is 13.9 Å². The lowest BCUT2D eigenvalue weighted by atomic mass is 10.1. The van der Waals surface area contributed by atoms with Gasteiger partial charge in [-0.25, -0.2) is 0 Å². The van der Waals surface area contributed by atoms with Gasteiger partial charge < -0.3 is 14.8 Å². The molecule has 19 heavy (non-hydrogen) atoms. The predicted molar refractivity (Wildman–Crippen MR) is 75.4 cm³/mol. The van der Waals surface area contributed by atoms with Crippen molar-refractivity contribution in [1.29, 1.82) is 0 Å². The van der Waals surface area contributed by atoms with Crippen molar-refractivity contribution >= 4 is 15.9 Å². The fraction of sp³-hybridized carbons (Fsp3) is 0.538. The number of ether oxygens (including phenoxy) is 2. The van der Waals surface area contributed by atoms with E-state index in [1.54, 1.807) is 0 Å². The van der Waals surface area contributed by atoms with Crippen molar-refractivity contribution in [2.24, 2.45) is 0 Å². The first kappa shape index (κ1) is 14.6. The SMILES string of the molecule is COc1c(Br)cc(CN2CCNCC2)c(OC)c1F. The lowest BCUT2D eigenvalue weighted by Gasteiger charge is -2.28. The lowest BCUT2D eigenvalue weighted by molar-refractivity contribution is 0.228. The molecule has 0 radical (unpaired) electrons. The van der Waals surface area contributed by atoms with Crippen LogP contribution in [-0.2, 0) is 6.54 Å². The summed E-state index contributed by atoms with van der Waals surface area (Å²) in [6.45, 7) is 4.50. The van der Waals surface area contributed by atoms with E-state index in [0.717, 1.165) is 31.7 Å². The van der Waals surface area contributed by atoms with Crippen LogP contribution >= 0.6 is 15.9 Å². The quantitative estimate of drug-likeness (QED) is 0.914. The average Bonchev–Trinajstić information content (AvgIpc) is 2.40. The molecule has 2 rings (SSSR count). The zero-order valence-corrected chi connectivity index (χ0v) is 12.7. The Hall–Kier alpha value is -0.850. The van der Waals surface area contributed by atoms with E-state index in [0.29, 0.717) is 11.0 Å². The van der Waals surface area contributed by atoms with Gasteiger partial charge in [0.05, 0.1) is 18.7 Å². The molecule has 0 amide bonds. The van der Waals surface area contributed by atoms with Gasteiger partial charge in [0, 0.05) is 38.3 Å². The van der Waals surface area contributed by atoms with Gasteiger partial charge in [0.25, 0.3) is 0 Å². The topological polar surface area (TPSA) is 33.7 Å². The third kappa shape index (κ3) is 3.19. The number of benzene rings is 1. The number of nitrogens with one attached hydrogen (secondary N) is 1. The van der Waals surface area contributed by atoms with Crippen molar-refractivity contribution in [2.45, 2.75) is 6.54 Å². The van der Waals surface area contributed by atoms with Gasteiger partial charge in [-0.3, -0.25) is 4.90 Å². The standard InChI is InChI=1S/C13H18BrFN2O2/c1-18-12-9(8-17-5-3-16-4-6-17)7-10(14)13(19-2)11(12)15/h7,16H,3-6,8H2,1-2H3. The number of methoxy groups -OCH3 is 2. The van der Waals surface area contributed by atoms with Crippen molar-refractivity contribution in [1.82, 2.24) is 10.2 Å². The van der Waals surface area contributed by atoms with Gasteiger partial charge >= 0.3 is 0 Å². The summed E-state index contributed by atoms with van der Waals surface area (Å²) in [5.74, 6) is -0.0102. The second-order valence-corrected chi connectivity index (χ2v) is 5.28. The molecular weight excluding hydrogens is 315 g/mol. The number of nitrogens with zero attached hydrogens (tertiary/aromatic N) is 1. The number of piperazine rings is 1. The molecule has 1 heterocycles. The molecule has 1 aliphatic heterocycles. The minimum absolute atomic E-state index is 0.181. The van der Waals surface area contributed by atoms with E-state index in [1.807, 2.05) is 6.07 Å². The largest absolute Gasteiger partial charge is 0.493 e. The van der Waals surface area contributed by atoms with Gasteiger partial charge in [-0.2, -0.15) is 4.39 Å². The number of rotatable bonds is 4. The Labute approximate surface area is 121 Å². The Morgan fingerprint density at radius 3 is 2.47 bits per heavy atom. The highest BCUT2D eigenvalue weighted by atomic mass is 79.9. The average molecular weight is 333 g/mol. The van der Waals surface area contributed by atoms with Gasteiger partial charge in [0.1, 0.15) is 0 Å². The van der Waals surface area contributed by atoms with E-state index in [-0.39, 0.29) is 11.5 Å². The third-order valence-corrected chi connectivity index (χ3v) is 3.81. The molecule has 0 saturated carbocycles. The predicted octanol–water partition coefficient (Wildman–Crippen LogP) is 2.01. The van der Waals surface area contributed by atoms with E-state index in [2.05, 4.69) is 26.1 Å². The van der Waals surface area contributed by atoms with Crippen LogP contribution in [0.4, 0.5) is 4.39 Å². The van der Waals surface area contributed by atoms with Crippen LogP contribution in [0, 0.1) is 5.82 Å². The Bertz CT molecular complexity index is 451. The van der Waals surface area contributed by atoms with Crippen LogP contribution in [0.3, 0.4) is 0 Å². The van der Waals surface area contributed by atoms with Crippen LogP contribution in [0.25, 0.3) is 0 Å². The molecule has 6 heteroatoms. The van der Waals surface area contributed by atoms with Crippen LogP contribution < -0.4 is 14.8 Å². The molecule has 1 saturated heterocycles. The number of halogens is 2. The highest BCUT2D eigenvalue weighted by Gasteiger charge is 2.20. The van der Waals surface area contributed by atoms with Crippen LogP contribution in [0.5, 0.6) is 11.5 Å². The Morgan fingerprint density at radius 2 is 1.89 bits per heavy atom. The summed E-state index contributed by atoms with van der Waals surface area (Å²) in [4.78, 5) is 2.27. The first-order chi connectivity index (χ1) is 9.17. The molecule has 106 valence electrons. The van der Waals surface area contributed by atoms with Gasteiger partial charge in [-0.1, -0.05) is 0 Å². The molecule has 1 aromatic rings. The second-order valence-electron chi connectivity index (χ2n) is 4.42. The van der Waals surface area contributed by atoms with Gasteiger partial charge in [-0.15, -0.1) is 0 Å². The third-order valence-electron chi connectivity index (χ3n) is 3.22. The molecule has 1 aromatic carbocycles. The monoisotopic (exact) mass is 332 g/mol. The van der Waals surface area contributed by atoms with Gasteiger partial charge in [0.15, 0.2) is 11.5 Å². The minimum Gasteiger partial charge on any atom is -0.493 e. The fourth-order valence-electron chi connectivity index (χ4n) is 2.27. The molecule has 0 atom stereocenters. The fourth-order valence-corrected chi connectivity index (χ4v) is 2.88. The highest BCUT2D eigenvalue weighted by Crippen LogP contribution is 2.37. The van der Waals surface area contributed by atoms with Gasteiger partial charge in [-0.05, 0) is 22.0 Å². The second kappa shape index (κ2) is 6.54. The lowest BCUT2D eigenvalue weighted by Crippen LogP contribution is -2.42. The molecule has 1 fully saturated rings. The van der Waals surface area contributed by atoms with Crippen molar-refractivity contribution in [3.8, 4) is 11.5 Å². The Kier molecular flexibility index (Phi) is 5.01. The summed E-state index contributed by atoms with van der Waals surface area (Å²) >= 11 is 3.33. The van der Waals surface area contributed by atoms with E-state index < -0.39 is 5.82 Å². The van der Waals surface area contributed by atoms with Crippen LogP contribution in [0.15, 0.2) is 10.5 Å². The highest BCUT2D eigenvalue weighted by molar-refractivity contribution is 9.10. The zero-order valence-electron chi connectivity index (χ0n) is 11.1. The van der Waals surface area contributed by atoms with Crippen LogP contribution in [-0.4, -0.2) is 45.3 Å². The smallest absolute Gasteiger partial charge is 0.208 e. The minimum atomic E-state index is -0.454. The van der Waals surface area contributed by atoms with Crippen LogP contribution in [0.1, 0.15) is 5.56 Å². The summed E-state index contributed by atoms with van der Waals surface area (Å²) in [7, 11) is 2.92. The number of hydrogen-bond acceptors (Lipinski definition) is 4. The normalized spacial score (nSPS) is 16.4. The Morgan fingerprint density at radius 1 is 1.26 bits per heavy atom. The Balaban J connectivity index is 2.28. The summed E-state index contributed by atoms with van der Waals surface area (Å²) in [6, 6.07) is 1.86. The molecule has 0 aliphatic carbocycles. The van der Waals surface area contributed by atoms with E-state index in [9.17, 15) is 4.39 Å². The molecule has 0 aromatic heterocycles. The zero-order chi connectivity index (χ0) is 13.8. The molecular formula is C13H18BrFN2O2. The maximum absolute atomic E-state index is 14.2. The van der Waals surface area contributed by atoms with Crippen molar-refractivity contribution in [3.05, 3.63) is 21.9 Å². The maximum atomic E-state index is 14.2. The van der Waals surface area contributed by atoms with E-state index >= 15 is 0 Å². The molecule has 1 aliphatic rings. The summed E-state index contributed by atoms with van der Waals surface area (Å²) in [5, 5.41) is 3.29. The van der Waals surface area contributed by atoms with Crippen LogP contribution in [0.2, 0.25) is 0 Å². The first-order valence-corrected chi connectivity index (χ1v) is 6.98. The number of hydrogen-bond donors (Lipinski definition) is 1. The van der Waals surface area contributed by atoms with Gasteiger partial charge in [0.2, 0.25) is 5.82 Å². The molecule has 0 spiro atoms. The summed E-state index contributed by atoms with van der Waals surface area (Å²) in [5.41, 5.74) is 0.828. The summed E-state index contributed by atoms with van der Waals surface area (Å²) in [6.07, 6.45) is 0. The maximum Gasteiger partial charge on any atom is 0.208 e. The molecule has 0 bridgehead atoms. The molecule has 4 nitrogen and oxygen atoms in total. The summed E-state index contributed by atoms with van der Waals surface area (Å²) < 4.78 is 25.1. The molecule has 1 N–H and O–H groups in total. The van der Waals surface area contributed by atoms with Crippen molar-refractivity contribution in [2.75, 3.05) is 40.4 Å². The van der Waals surface area contributed by atoms with Crippen molar-refractivity contribution in [3.63, 3.8) is 0 Å². The first-order valence-electron chi connectivity index (χ1n) is 6.19. The van der Waals surface area contributed by atoms with E-state index in [1.165, 1.54) is 14.2 Å².